The molecule has 1 aromatic heterocycles. The summed E-state index contributed by atoms with van der Waals surface area (Å²) in [5, 5.41) is 3.36. The summed E-state index contributed by atoms with van der Waals surface area (Å²) in [6.07, 6.45) is 2.46. The second kappa shape index (κ2) is 11.0. The summed E-state index contributed by atoms with van der Waals surface area (Å²) in [5.74, 6) is 1.29. The Bertz CT molecular complexity index is 711. The Morgan fingerprint density at radius 2 is 1.78 bits per heavy atom. The molecular weight excluding hydrogens is 455 g/mol. The van der Waals surface area contributed by atoms with Gasteiger partial charge < -0.3 is 19.5 Å². The number of piperazine rings is 1. The predicted molar refractivity (Wildman–Crippen MR) is 118 cm³/mol. The average Bonchev–Trinajstić information content (AvgIpc) is 3.23. The van der Waals surface area contributed by atoms with Crippen molar-refractivity contribution in [3.05, 3.63) is 60.1 Å². The van der Waals surface area contributed by atoms with Crippen LogP contribution in [0.2, 0.25) is 0 Å². The number of carbonyl (C=O) groups is 1. The minimum Gasteiger partial charge on any atom is -0.459 e. The molecule has 0 saturated carbocycles. The molecule has 1 saturated heterocycles. The second-order valence-electron chi connectivity index (χ2n) is 6.23. The minimum atomic E-state index is -0.0410. The van der Waals surface area contributed by atoms with Gasteiger partial charge >= 0.3 is 0 Å². The normalized spacial score (nSPS) is 14.6. The van der Waals surface area contributed by atoms with E-state index in [0.29, 0.717) is 18.8 Å². The maximum atomic E-state index is 12.4. The summed E-state index contributed by atoms with van der Waals surface area (Å²) < 4.78 is 5.22. The first-order valence-corrected chi connectivity index (χ1v) is 9.18. The van der Waals surface area contributed by atoms with Crippen molar-refractivity contribution in [2.24, 2.45) is 4.99 Å². The lowest BCUT2D eigenvalue weighted by Crippen LogP contribution is -2.53. The fourth-order valence-corrected chi connectivity index (χ4v) is 3.04. The van der Waals surface area contributed by atoms with Crippen LogP contribution in [0, 0.1) is 0 Å². The molecule has 0 bridgehead atoms. The minimum absolute atomic E-state index is 0. The van der Waals surface area contributed by atoms with Crippen molar-refractivity contribution in [3.63, 3.8) is 0 Å². The van der Waals surface area contributed by atoms with Crippen molar-refractivity contribution in [2.75, 3.05) is 39.3 Å². The van der Waals surface area contributed by atoms with E-state index in [1.807, 2.05) is 11.0 Å². The molecule has 1 aliphatic heterocycles. The lowest BCUT2D eigenvalue weighted by molar-refractivity contribution is 0.0657. The lowest BCUT2D eigenvalue weighted by atomic mass is 10.2. The number of guanidine groups is 1. The number of rotatable bonds is 5. The fraction of sp³-hybridized carbons (Fsp3) is 0.400. The Hall–Kier alpha value is -2.03. The van der Waals surface area contributed by atoms with E-state index >= 15 is 0 Å². The lowest BCUT2D eigenvalue weighted by Gasteiger charge is -2.36. The maximum absolute atomic E-state index is 12.4. The third-order valence-electron chi connectivity index (χ3n) is 4.44. The largest absolute Gasteiger partial charge is 0.459 e. The molecule has 1 aliphatic rings. The molecule has 146 valence electrons. The van der Waals surface area contributed by atoms with Gasteiger partial charge in [0, 0.05) is 39.3 Å². The SMILES string of the molecule is CCNC(=NCCc1ccccc1)N1CCN(C(=O)c2ccco2)CC1.I. The van der Waals surface area contributed by atoms with E-state index in [-0.39, 0.29) is 29.9 Å². The van der Waals surface area contributed by atoms with Gasteiger partial charge in [0.2, 0.25) is 0 Å². The van der Waals surface area contributed by atoms with Gasteiger partial charge in [-0.2, -0.15) is 0 Å². The van der Waals surface area contributed by atoms with Crippen LogP contribution >= 0.6 is 24.0 Å². The molecule has 3 rings (SSSR count). The standard InChI is InChI=1S/C20H26N4O2.HI/c1-2-21-20(22-11-10-17-7-4-3-5-8-17)24-14-12-23(13-15-24)19(25)18-9-6-16-26-18;/h3-9,16H,2,10-15H2,1H3,(H,21,22);1H. The van der Waals surface area contributed by atoms with Gasteiger partial charge in [-0.05, 0) is 31.0 Å². The summed E-state index contributed by atoms with van der Waals surface area (Å²) in [6.45, 7) is 6.52. The molecule has 0 radical (unpaired) electrons. The molecule has 0 spiro atoms. The van der Waals surface area contributed by atoms with Crippen molar-refractivity contribution >= 4 is 35.8 Å². The highest BCUT2D eigenvalue weighted by Crippen LogP contribution is 2.10. The Balaban J connectivity index is 0.00000261. The van der Waals surface area contributed by atoms with Crippen molar-refractivity contribution in [1.82, 2.24) is 15.1 Å². The Labute approximate surface area is 177 Å². The Morgan fingerprint density at radius 1 is 1.07 bits per heavy atom. The van der Waals surface area contributed by atoms with Crippen LogP contribution in [0.25, 0.3) is 0 Å². The van der Waals surface area contributed by atoms with Gasteiger partial charge in [-0.25, -0.2) is 0 Å². The zero-order valence-corrected chi connectivity index (χ0v) is 18.0. The molecule has 27 heavy (non-hydrogen) atoms. The quantitative estimate of drug-likeness (QED) is 0.405. The third kappa shape index (κ3) is 5.98. The highest BCUT2D eigenvalue weighted by atomic mass is 127. The summed E-state index contributed by atoms with van der Waals surface area (Å²) in [6, 6.07) is 13.8. The van der Waals surface area contributed by atoms with E-state index in [1.54, 1.807) is 12.1 Å². The highest BCUT2D eigenvalue weighted by Gasteiger charge is 2.25. The van der Waals surface area contributed by atoms with Crippen LogP contribution in [-0.4, -0.2) is 60.9 Å². The maximum Gasteiger partial charge on any atom is 0.289 e. The number of benzene rings is 1. The van der Waals surface area contributed by atoms with Gasteiger partial charge in [-0.15, -0.1) is 24.0 Å². The number of aliphatic imine (C=N–C) groups is 1. The molecule has 0 atom stereocenters. The van der Waals surface area contributed by atoms with Gasteiger partial charge in [0.1, 0.15) is 0 Å². The molecule has 7 heteroatoms. The molecule has 1 aromatic carbocycles. The number of amides is 1. The van der Waals surface area contributed by atoms with Crippen molar-refractivity contribution < 1.29 is 9.21 Å². The van der Waals surface area contributed by atoms with E-state index in [4.69, 9.17) is 9.41 Å². The van der Waals surface area contributed by atoms with Gasteiger partial charge in [-0.3, -0.25) is 9.79 Å². The van der Waals surface area contributed by atoms with E-state index in [9.17, 15) is 4.79 Å². The summed E-state index contributed by atoms with van der Waals surface area (Å²) in [4.78, 5) is 21.2. The summed E-state index contributed by atoms with van der Waals surface area (Å²) in [5.41, 5.74) is 1.29. The number of nitrogens with zero attached hydrogens (tertiary/aromatic N) is 3. The van der Waals surface area contributed by atoms with Gasteiger partial charge in [0.05, 0.1) is 6.26 Å². The van der Waals surface area contributed by atoms with Crippen molar-refractivity contribution in [3.8, 4) is 0 Å². The molecule has 2 heterocycles. The van der Waals surface area contributed by atoms with Crippen LogP contribution in [0.4, 0.5) is 0 Å². The molecule has 6 nitrogen and oxygen atoms in total. The molecular formula is C20H27IN4O2. The first-order chi connectivity index (χ1) is 12.8. The van der Waals surface area contributed by atoms with Crippen LogP contribution in [0.1, 0.15) is 23.0 Å². The van der Waals surface area contributed by atoms with Crippen LogP contribution in [0.5, 0.6) is 0 Å². The first-order valence-electron chi connectivity index (χ1n) is 9.18. The summed E-state index contributed by atoms with van der Waals surface area (Å²) in [7, 11) is 0. The molecule has 0 unspecified atom stereocenters. The van der Waals surface area contributed by atoms with E-state index in [1.165, 1.54) is 11.8 Å². The predicted octanol–water partition coefficient (Wildman–Crippen LogP) is 2.86. The number of halogens is 1. The Morgan fingerprint density at radius 3 is 2.41 bits per heavy atom. The zero-order chi connectivity index (χ0) is 18.2. The van der Waals surface area contributed by atoms with Crippen LogP contribution in [-0.2, 0) is 6.42 Å². The topological polar surface area (TPSA) is 61.1 Å². The second-order valence-corrected chi connectivity index (χ2v) is 6.23. The molecule has 1 N–H and O–H groups in total. The summed E-state index contributed by atoms with van der Waals surface area (Å²) >= 11 is 0. The molecule has 0 aliphatic carbocycles. The molecule has 1 amide bonds. The Kier molecular flexibility index (Phi) is 8.63. The van der Waals surface area contributed by atoms with Gasteiger partial charge in [-0.1, -0.05) is 30.3 Å². The molecule has 1 fully saturated rings. The first kappa shape index (κ1) is 21.3. The van der Waals surface area contributed by atoms with E-state index < -0.39 is 0 Å². The van der Waals surface area contributed by atoms with Crippen LogP contribution < -0.4 is 5.32 Å². The number of furan rings is 1. The number of hydrogen-bond donors (Lipinski definition) is 1. The molecule has 2 aromatic rings. The number of hydrogen-bond acceptors (Lipinski definition) is 3. The fourth-order valence-electron chi connectivity index (χ4n) is 3.04. The van der Waals surface area contributed by atoms with Crippen LogP contribution in [0.3, 0.4) is 0 Å². The van der Waals surface area contributed by atoms with Crippen LogP contribution in [0.15, 0.2) is 58.1 Å². The third-order valence-corrected chi connectivity index (χ3v) is 4.44. The van der Waals surface area contributed by atoms with E-state index in [0.717, 1.165) is 38.6 Å². The smallest absolute Gasteiger partial charge is 0.289 e. The van der Waals surface area contributed by atoms with Crippen molar-refractivity contribution in [2.45, 2.75) is 13.3 Å². The van der Waals surface area contributed by atoms with E-state index in [2.05, 4.69) is 41.4 Å². The highest BCUT2D eigenvalue weighted by molar-refractivity contribution is 14.0. The van der Waals surface area contributed by atoms with Crippen molar-refractivity contribution in [1.29, 1.82) is 0 Å². The van der Waals surface area contributed by atoms with Gasteiger partial charge in [0.25, 0.3) is 5.91 Å². The monoisotopic (exact) mass is 482 g/mol. The average molecular weight is 482 g/mol. The zero-order valence-electron chi connectivity index (χ0n) is 15.6. The number of nitrogens with one attached hydrogen (secondary N) is 1. The number of carbonyl (C=O) groups excluding carboxylic acids is 1. The van der Waals surface area contributed by atoms with Gasteiger partial charge in [0.15, 0.2) is 11.7 Å².